The van der Waals surface area contributed by atoms with Crippen LogP contribution in [-0.2, 0) is 35.1 Å². The standard InChI is InChI=1S/C25H23ClN2O8/c1-14(19-5-3-4-6-20(19)26)35-23(31)11-17-13-34-28-24(17)16-7-9-18(10-8-16)27-22(30)12-21(25(32)33)36-15(2)29/h3-10,13-14,21H,11-12H2,1-2H3,(H,27,30)(H,32,33)/t14?,21-/m1/s1. The van der Waals surface area contributed by atoms with Gasteiger partial charge in [0.2, 0.25) is 12.0 Å². The Bertz CT molecular complexity index is 1250. The Balaban J connectivity index is 1.62. The van der Waals surface area contributed by atoms with Crippen molar-refractivity contribution in [2.75, 3.05) is 5.32 Å². The molecule has 0 radical (unpaired) electrons. The molecule has 0 saturated carbocycles. The lowest BCUT2D eigenvalue weighted by molar-refractivity contribution is -0.163. The summed E-state index contributed by atoms with van der Waals surface area (Å²) in [6, 6.07) is 13.5. The third-order valence-corrected chi connectivity index (χ3v) is 5.37. The summed E-state index contributed by atoms with van der Waals surface area (Å²) in [4.78, 5) is 46.8. The maximum atomic E-state index is 12.5. The quantitative estimate of drug-likeness (QED) is 0.380. The van der Waals surface area contributed by atoms with E-state index in [1.165, 1.54) is 6.26 Å². The highest BCUT2D eigenvalue weighted by atomic mass is 35.5. The summed E-state index contributed by atoms with van der Waals surface area (Å²) in [6.07, 6.45) is -1.40. The number of carboxylic acids is 1. The predicted molar refractivity (Wildman–Crippen MR) is 128 cm³/mol. The largest absolute Gasteiger partial charge is 0.478 e. The first kappa shape index (κ1) is 26.4. The van der Waals surface area contributed by atoms with Crippen LogP contribution in [0.1, 0.15) is 37.5 Å². The SMILES string of the molecule is CC(=O)O[C@H](CC(=O)Nc1ccc(-c2nocc2CC(=O)OC(C)c2ccccc2Cl)cc1)C(=O)O. The molecule has 3 rings (SSSR count). The van der Waals surface area contributed by atoms with Crippen molar-refractivity contribution in [3.63, 3.8) is 0 Å². The second kappa shape index (κ2) is 12.0. The van der Waals surface area contributed by atoms with Crippen LogP contribution in [-0.4, -0.2) is 40.2 Å². The third-order valence-electron chi connectivity index (χ3n) is 5.03. The number of rotatable bonds is 10. The number of ether oxygens (including phenoxy) is 2. The molecule has 1 amide bonds. The summed E-state index contributed by atoms with van der Waals surface area (Å²) in [5, 5.41) is 16.1. The summed E-state index contributed by atoms with van der Waals surface area (Å²) in [7, 11) is 0. The van der Waals surface area contributed by atoms with Crippen LogP contribution in [0, 0.1) is 0 Å². The minimum atomic E-state index is -1.58. The molecular weight excluding hydrogens is 492 g/mol. The fourth-order valence-corrected chi connectivity index (χ4v) is 3.64. The average molecular weight is 515 g/mol. The molecule has 2 atom stereocenters. The fraction of sp³-hybridized carbons (Fsp3) is 0.240. The van der Waals surface area contributed by atoms with Gasteiger partial charge in [0.15, 0.2) is 0 Å². The van der Waals surface area contributed by atoms with E-state index < -0.39 is 42.4 Å². The number of carboxylic acid groups (broad SMARTS) is 1. The van der Waals surface area contributed by atoms with Gasteiger partial charge in [0, 0.05) is 34.3 Å². The molecule has 188 valence electrons. The average Bonchev–Trinajstić information content (AvgIpc) is 3.26. The second-order valence-electron chi connectivity index (χ2n) is 7.78. The number of aliphatic carboxylic acids is 1. The Labute approximate surface area is 211 Å². The molecule has 3 aromatic rings. The molecule has 0 spiro atoms. The molecule has 0 saturated heterocycles. The van der Waals surface area contributed by atoms with Gasteiger partial charge in [-0.15, -0.1) is 0 Å². The Morgan fingerprint density at radius 3 is 2.42 bits per heavy atom. The zero-order chi connectivity index (χ0) is 26.2. The molecule has 0 aliphatic heterocycles. The van der Waals surface area contributed by atoms with Crippen LogP contribution in [0.15, 0.2) is 59.3 Å². The van der Waals surface area contributed by atoms with Crippen molar-refractivity contribution >= 4 is 41.1 Å². The smallest absolute Gasteiger partial charge is 0.345 e. The van der Waals surface area contributed by atoms with Crippen LogP contribution >= 0.6 is 11.6 Å². The lowest BCUT2D eigenvalue weighted by Gasteiger charge is -2.14. The summed E-state index contributed by atoms with van der Waals surface area (Å²) < 4.78 is 15.2. The van der Waals surface area contributed by atoms with Gasteiger partial charge in [-0.05, 0) is 25.1 Å². The molecule has 1 aromatic heterocycles. The van der Waals surface area contributed by atoms with Crippen LogP contribution in [0.5, 0.6) is 0 Å². The Morgan fingerprint density at radius 2 is 1.78 bits per heavy atom. The van der Waals surface area contributed by atoms with Crippen LogP contribution in [0.2, 0.25) is 5.02 Å². The van der Waals surface area contributed by atoms with Crippen molar-refractivity contribution in [2.45, 2.75) is 38.9 Å². The second-order valence-corrected chi connectivity index (χ2v) is 8.19. The molecule has 2 aromatic carbocycles. The van der Waals surface area contributed by atoms with E-state index in [0.717, 1.165) is 6.92 Å². The van der Waals surface area contributed by atoms with Crippen molar-refractivity contribution in [2.24, 2.45) is 0 Å². The molecule has 0 bridgehead atoms. The molecule has 36 heavy (non-hydrogen) atoms. The summed E-state index contributed by atoms with van der Waals surface area (Å²) >= 11 is 6.16. The van der Waals surface area contributed by atoms with E-state index in [9.17, 15) is 19.2 Å². The van der Waals surface area contributed by atoms with E-state index in [0.29, 0.717) is 33.1 Å². The van der Waals surface area contributed by atoms with Crippen LogP contribution in [0.4, 0.5) is 5.69 Å². The molecule has 1 heterocycles. The van der Waals surface area contributed by atoms with Gasteiger partial charge in [0.1, 0.15) is 18.1 Å². The van der Waals surface area contributed by atoms with E-state index in [2.05, 4.69) is 15.2 Å². The van der Waals surface area contributed by atoms with E-state index >= 15 is 0 Å². The number of hydrogen-bond donors (Lipinski definition) is 2. The van der Waals surface area contributed by atoms with Crippen molar-refractivity contribution in [1.82, 2.24) is 5.16 Å². The normalized spacial score (nSPS) is 12.3. The van der Waals surface area contributed by atoms with Crippen LogP contribution in [0.25, 0.3) is 11.3 Å². The maximum absolute atomic E-state index is 12.5. The zero-order valence-corrected chi connectivity index (χ0v) is 20.2. The molecule has 0 fully saturated rings. The lowest BCUT2D eigenvalue weighted by Crippen LogP contribution is -2.31. The number of hydrogen-bond acceptors (Lipinski definition) is 8. The number of esters is 2. The fourth-order valence-electron chi connectivity index (χ4n) is 3.35. The number of nitrogens with one attached hydrogen (secondary N) is 1. The van der Waals surface area contributed by atoms with Gasteiger partial charge >= 0.3 is 17.9 Å². The Kier molecular flexibility index (Phi) is 8.80. The number of amides is 1. The van der Waals surface area contributed by atoms with E-state index in [-0.39, 0.29) is 6.42 Å². The number of halogens is 1. The zero-order valence-electron chi connectivity index (χ0n) is 19.4. The third kappa shape index (κ3) is 7.16. The van der Waals surface area contributed by atoms with Gasteiger partial charge in [0.25, 0.3) is 0 Å². The molecule has 11 heteroatoms. The van der Waals surface area contributed by atoms with Gasteiger partial charge in [-0.2, -0.15) is 0 Å². The molecule has 0 aliphatic rings. The molecule has 10 nitrogen and oxygen atoms in total. The molecular formula is C25H23ClN2O8. The highest BCUT2D eigenvalue weighted by Gasteiger charge is 2.24. The lowest BCUT2D eigenvalue weighted by atomic mass is 10.1. The summed E-state index contributed by atoms with van der Waals surface area (Å²) in [5.74, 6) is -3.36. The molecule has 0 aliphatic carbocycles. The van der Waals surface area contributed by atoms with Gasteiger partial charge < -0.3 is 24.4 Å². The number of nitrogens with zero attached hydrogens (tertiary/aromatic N) is 1. The topological polar surface area (TPSA) is 145 Å². The van der Waals surface area contributed by atoms with Crippen molar-refractivity contribution in [3.05, 3.63) is 70.9 Å². The van der Waals surface area contributed by atoms with Crippen LogP contribution < -0.4 is 5.32 Å². The molecule has 1 unspecified atom stereocenters. The highest BCUT2D eigenvalue weighted by molar-refractivity contribution is 6.31. The minimum absolute atomic E-state index is 0.0845. The van der Waals surface area contributed by atoms with Gasteiger partial charge in [-0.25, -0.2) is 4.79 Å². The number of carbonyl (C=O) groups is 4. The number of benzene rings is 2. The van der Waals surface area contributed by atoms with Crippen molar-refractivity contribution in [3.8, 4) is 11.3 Å². The van der Waals surface area contributed by atoms with E-state index in [4.69, 9.17) is 26.0 Å². The Morgan fingerprint density at radius 1 is 1.08 bits per heavy atom. The number of aromatic nitrogens is 1. The maximum Gasteiger partial charge on any atom is 0.345 e. The van der Waals surface area contributed by atoms with E-state index in [1.807, 2.05) is 0 Å². The first-order chi connectivity index (χ1) is 17.1. The summed E-state index contributed by atoms with van der Waals surface area (Å²) in [5.41, 5.74) is 2.63. The van der Waals surface area contributed by atoms with Gasteiger partial charge in [-0.1, -0.05) is 47.1 Å². The monoisotopic (exact) mass is 514 g/mol. The van der Waals surface area contributed by atoms with Crippen LogP contribution in [0.3, 0.4) is 0 Å². The Hall–Kier alpha value is -4.18. The highest BCUT2D eigenvalue weighted by Crippen LogP contribution is 2.27. The number of carbonyl (C=O) groups excluding carboxylic acids is 3. The summed E-state index contributed by atoms with van der Waals surface area (Å²) in [6.45, 7) is 2.79. The first-order valence-corrected chi connectivity index (χ1v) is 11.2. The number of anilines is 1. The minimum Gasteiger partial charge on any atom is -0.478 e. The first-order valence-electron chi connectivity index (χ1n) is 10.8. The molecule has 2 N–H and O–H groups in total. The van der Waals surface area contributed by atoms with Gasteiger partial charge in [-0.3, -0.25) is 14.4 Å². The van der Waals surface area contributed by atoms with E-state index in [1.54, 1.807) is 55.5 Å². The van der Waals surface area contributed by atoms with Crippen molar-refractivity contribution < 1.29 is 38.3 Å². The van der Waals surface area contributed by atoms with Crippen molar-refractivity contribution in [1.29, 1.82) is 0 Å². The predicted octanol–water partition coefficient (Wildman–Crippen LogP) is 4.19. The van der Waals surface area contributed by atoms with Gasteiger partial charge in [0.05, 0.1) is 12.8 Å².